The van der Waals surface area contributed by atoms with Crippen molar-refractivity contribution in [3.63, 3.8) is 0 Å². The average Bonchev–Trinajstić information content (AvgIpc) is 3.19. The van der Waals surface area contributed by atoms with Gasteiger partial charge in [-0.3, -0.25) is 9.36 Å². The maximum Gasteiger partial charge on any atom is 0.263 e. The van der Waals surface area contributed by atoms with Crippen molar-refractivity contribution in [2.75, 3.05) is 7.11 Å². The van der Waals surface area contributed by atoms with Crippen molar-refractivity contribution in [1.29, 1.82) is 5.26 Å². The molecule has 2 heterocycles. The molecule has 0 bridgehead atoms. The number of hydrogen-bond acceptors (Lipinski definition) is 5. The monoisotopic (exact) mass is 415 g/mol. The van der Waals surface area contributed by atoms with Crippen molar-refractivity contribution in [2.45, 2.75) is 26.8 Å². The second kappa shape index (κ2) is 8.13. The van der Waals surface area contributed by atoms with Crippen LogP contribution in [0, 0.1) is 18.3 Å². The Morgan fingerprint density at radius 1 is 1.23 bits per heavy atom. The van der Waals surface area contributed by atoms with E-state index >= 15 is 0 Å². The van der Waals surface area contributed by atoms with E-state index < -0.39 is 0 Å². The Kier molecular flexibility index (Phi) is 5.39. The van der Waals surface area contributed by atoms with Crippen molar-refractivity contribution in [3.8, 4) is 22.9 Å². The van der Waals surface area contributed by atoms with Gasteiger partial charge in [0.05, 0.1) is 30.7 Å². The zero-order valence-corrected chi connectivity index (χ0v) is 17.9. The topological polar surface area (TPSA) is 67.9 Å². The van der Waals surface area contributed by atoms with Gasteiger partial charge in [0.25, 0.3) is 5.56 Å². The Balaban J connectivity index is 1.88. The van der Waals surface area contributed by atoms with Gasteiger partial charge >= 0.3 is 0 Å². The predicted molar refractivity (Wildman–Crippen MR) is 120 cm³/mol. The Morgan fingerprint density at radius 3 is 2.77 bits per heavy atom. The molecule has 0 aliphatic rings. The van der Waals surface area contributed by atoms with E-state index in [9.17, 15) is 10.1 Å². The molecule has 0 saturated heterocycles. The van der Waals surface area contributed by atoms with Crippen LogP contribution in [0.5, 0.6) is 5.75 Å². The maximum atomic E-state index is 13.6. The highest BCUT2D eigenvalue weighted by molar-refractivity contribution is 7.17. The quantitative estimate of drug-likeness (QED) is 0.464. The summed E-state index contributed by atoms with van der Waals surface area (Å²) in [6, 6.07) is 15.4. The Morgan fingerprint density at radius 2 is 2.07 bits per heavy atom. The minimum absolute atomic E-state index is 0.0519. The fraction of sp³-hybridized carbons (Fsp3) is 0.208. The summed E-state index contributed by atoms with van der Waals surface area (Å²) in [5.74, 6) is 1.56. The van der Waals surface area contributed by atoms with Gasteiger partial charge in [0, 0.05) is 17.4 Å². The van der Waals surface area contributed by atoms with Crippen LogP contribution in [0.15, 0.2) is 52.6 Å². The minimum atomic E-state index is -0.0519. The van der Waals surface area contributed by atoms with Crippen LogP contribution in [-0.4, -0.2) is 16.7 Å². The summed E-state index contributed by atoms with van der Waals surface area (Å²) in [6.45, 7) is 4.37. The molecule has 5 nitrogen and oxygen atoms in total. The zero-order chi connectivity index (χ0) is 21.3. The van der Waals surface area contributed by atoms with Gasteiger partial charge in [0.2, 0.25) is 0 Å². The molecule has 0 aliphatic carbocycles. The summed E-state index contributed by atoms with van der Waals surface area (Å²) in [7, 11) is 1.65. The lowest BCUT2D eigenvalue weighted by Gasteiger charge is -2.12. The van der Waals surface area contributed by atoms with E-state index in [0.29, 0.717) is 23.9 Å². The maximum absolute atomic E-state index is 13.6. The first-order valence-electron chi connectivity index (χ1n) is 9.70. The van der Waals surface area contributed by atoms with Crippen molar-refractivity contribution in [3.05, 3.63) is 80.7 Å². The van der Waals surface area contributed by atoms with E-state index in [4.69, 9.17) is 9.72 Å². The summed E-state index contributed by atoms with van der Waals surface area (Å²) in [5.41, 5.74) is 4.31. The number of rotatable bonds is 5. The normalized spacial score (nSPS) is 10.9. The molecule has 0 fully saturated rings. The number of aryl methyl sites for hydroxylation is 2. The highest BCUT2D eigenvalue weighted by Gasteiger charge is 2.17. The number of ether oxygens (including phenoxy) is 1. The molecule has 0 radical (unpaired) electrons. The van der Waals surface area contributed by atoms with Gasteiger partial charge in [-0.2, -0.15) is 5.26 Å². The molecular formula is C24H21N3O2S. The van der Waals surface area contributed by atoms with E-state index in [0.717, 1.165) is 38.7 Å². The molecule has 4 aromatic rings. The molecule has 0 unspecified atom stereocenters. The average molecular weight is 416 g/mol. The van der Waals surface area contributed by atoms with Crippen LogP contribution in [0.1, 0.15) is 29.4 Å². The molecule has 0 aliphatic heterocycles. The van der Waals surface area contributed by atoms with Gasteiger partial charge in [-0.25, -0.2) is 4.98 Å². The second-order valence-corrected chi connectivity index (χ2v) is 7.96. The molecule has 4 rings (SSSR count). The van der Waals surface area contributed by atoms with Crippen molar-refractivity contribution >= 4 is 21.6 Å². The fourth-order valence-electron chi connectivity index (χ4n) is 3.68. The Bertz CT molecular complexity index is 1350. The van der Waals surface area contributed by atoms with Crippen LogP contribution < -0.4 is 10.3 Å². The van der Waals surface area contributed by atoms with Crippen LogP contribution in [0.2, 0.25) is 0 Å². The smallest absolute Gasteiger partial charge is 0.263 e. The molecule has 2 aromatic carbocycles. The highest BCUT2D eigenvalue weighted by atomic mass is 32.1. The van der Waals surface area contributed by atoms with Gasteiger partial charge < -0.3 is 4.74 Å². The van der Waals surface area contributed by atoms with Gasteiger partial charge in [-0.05, 0) is 47.9 Å². The predicted octanol–water partition coefficient (Wildman–Crippen LogP) is 4.92. The summed E-state index contributed by atoms with van der Waals surface area (Å²) >= 11 is 1.49. The summed E-state index contributed by atoms with van der Waals surface area (Å²) in [6.07, 6.45) is 0.651. The molecule has 30 heavy (non-hydrogen) atoms. The molecule has 150 valence electrons. The Labute approximate surface area is 178 Å². The van der Waals surface area contributed by atoms with Gasteiger partial charge in [0.15, 0.2) is 0 Å². The number of methoxy groups -OCH3 is 1. The minimum Gasteiger partial charge on any atom is -0.496 e. The summed E-state index contributed by atoms with van der Waals surface area (Å²) in [5, 5.41) is 11.8. The highest BCUT2D eigenvalue weighted by Crippen LogP contribution is 2.33. The lowest BCUT2D eigenvalue weighted by molar-refractivity contribution is 0.412. The van der Waals surface area contributed by atoms with Crippen LogP contribution in [0.4, 0.5) is 0 Å². The van der Waals surface area contributed by atoms with Gasteiger partial charge in [0.1, 0.15) is 16.4 Å². The number of nitriles is 1. The number of aromatic nitrogens is 2. The van der Waals surface area contributed by atoms with Crippen molar-refractivity contribution in [1.82, 2.24) is 9.55 Å². The molecule has 0 saturated carbocycles. The van der Waals surface area contributed by atoms with Gasteiger partial charge in [-0.1, -0.05) is 25.1 Å². The van der Waals surface area contributed by atoms with Crippen molar-refractivity contribution in [2.24, 2.45) is 0 Å². The van der Waals surface area contributed by atoms with Gasteiger partial charge in [-0.15, -0.1) is 11.3 Å². The van der Waals surface area contributed by atoms with Crippen LogP contribution >= 0.6 is 11.3 Å². The first-order chi connectivity index (χ1) is 14.5. The standard InChI is InChI=1S/C24H21N3O2S/c1-4-21-26-23-22(19(14-30-23)18-8-9-20(29-3)15(2)10-18)24(28)27(21)13-17-7-5-6-16(11-17)12-25/h5-11,14H,4,13H2,1-3H3. The van der Waals surface area contributed by atoms with Crippen LogP contribution in [-0.2, 0) is 13.0 Å². The van der Waals surface area contributed by atoms with E-state index in [1.165, 1.54) is 11.3 Å². The number of thiophene rings is 1. The van der Waals surface area contributed by atoms with Crippen LogP contribution in [0.3, 0.4) is 0 Å². The molecule has 0 N–H and O–H groups in total. The first-order valence-corrected chi connectivity index (χ1v) is 10.6. The zero-order valence-electron chi connectivity index (χ0n) is 17.1. The Hall–Kier alpha value is -3.43. The SMILES string of the molecule is CCc1nc2scc(-c3ccc(OC)c(C)c3)c2c(=O)n1Cc1cccc(C#N)c1. The molecular weight excluding hydrogens is 394 g/mol. The third-order valence-electron chi connectivity index (χ3n) is 5.19. The third-order valence-corrected chi connectivity index (χ3v) is 6.06. The molecule has 2 aromatic heterocycles. The lowest BCUT2D eigenvalue weighted by atomic mass is 10.0. The van der Waals surface area contributed by atoms with Crippen molar-refractivity contribution < 1.29 is 4.74 Å². The van der Waals surface area contributed by atoms with E-state index in [-0.39, 0.29) is 5.56 Å². The molecule has 0 spiro atoms. The lowest BCUT2D eigenvalue weighted by Crippen LogP contribution is -2.25. The number of fused-ring (bicyclic) bond motifs is 1. The second-order valence-electron chi connectivity index (χ2n) is 7.10. The first kappa shape index (κ1) is 19.9. The fourth-order valence-corrected chi connectivity index (χ4v) is 4.64. The van der Waals surface area contributed by atoms with E-state index in [1.54, 1.807) is 17.7 Å². The molecule has 0 atom stereocenters. The third kappa shape index (κ3) is 3.49. The molecule has 6 heteroatoms. The summed E-state index contributed by atoms with van der Waals surface area (Å²) in [4.78, 5) is 19.1. The number of nitrogens with zero attached hydrogens (tertiary/aromatic N) is 3. The summed E-state index contributed by atoms with van der Waals surface area (Å²) < 4.78 is 7.09. The number of benzene rings is 2. The van der Waals surface area contributed by atoms with E-state index in [1.807, 2.05) is 55.6 Å². The number of hydrogen-bond donors (Lipinski definition) is 0. The van der Waals surface area contributed by atoms with E-state index in [2.05, 4.69) is 6.07 Å². The largest absolute Gasteiger partial charge is 0.496 e. The van der Waals surface area contributed by atoms with Crippen LogP contribution in [0.25, 0.3) is 21.3 Å². The molecule has 0 amide bonds.